The Balaban J connectivity index is 1.63. The van der Waals surface area contributed by atoms with E-state index in [1.54, 1.807) is 12.1 Å². The van der Waals surface area contributed by atoms with Crippen molar-refractivity contribution < 1.29 is 12.6 Å². The van der Waals surface area contributed by atoms with Crippen molar-refractivity contribution in [3.63, 3.8) is 0 Å². The van der Waals surface area contributed by atoms with Gasteiger partial charge in [-0.2, -0.15) is 0 Å². The number of hydrogen-bond acceptors (Lipinski definition) is 1. The third-order valence-electron chi connectivity index (χ3n) is 7.38. The molecular weight excluding hydrogens is 472 g/mol. The highest BCUT2D eigenvalue weighted by Crippen LogP contribution is 2.47. The van der Waals surface area contributed by atoms with Gasteiger partial charge in [0.25, 0.3) is 0 Å². The van der Waals surface area contributed by atoms with Gasteiger partial charge in [-0.1, -0.05) is 127 Å². The lowest BCUT2D eigenvalue weighted by Gasteiger charge is -2.18. The number of furan rings is 1. The smallest absolute Gasteiger partial charge is 0.136 e. The molecule has 0 aliphatic heterocycles. The summed E-state index contributed by atoms with van der Waals surface area (Å²) in [5, 5.41) is 4.25. The van der Waals surface area contributed by atoms with Crippen LogP contribution in [0.2, 0.25) is 0 Å². The van der Waals surface area contributed by atoms with Crippen LogP contribution in [-0.2, 0) is 0 Å². The largest absolute Gasteiger partial charge is 0.456 e. The summed E-state index contributed by atoms with van der Waals surface area (Å²) in [5.74, 6) is 0. The fourth-order valence-corrected chi connectivity index (χ4v) is 5.70. The summed E-state index contributed by atoms with van der Waals surface area (Å²) in [7, 11) is 0. The van der Waals surface area contributed by atoms with Gasteiger partial charge in [0.2, 0.25) is 0 Å². The Bertz CT molecular complexity index is 2430. The zero-order chi connectivity index (χ0) is 31.0. The summed E-state index contributed by atoms with van der Waals surface area (Å²) < 4.78 is 60.3. The Hall–Kier alpha value is -5.14. The van der Waals surface area contributed by atoms with Crippen molar-refractivity contribution in [3.8, 4) is 33.4 Å². The Morgan fingerprint density at radius 3 is 1.64 bits per heavy atom. The van der Waals surface area contributed by atoms with Crippen LogP contribution in [0.25, 0.3) is 76.9 Å². The third-order valence-corrected chi connectivity index (χ3v) is 7.38. The Morgan fingerprint density at radius 2 is 1.00 bits per heavy atom. The van der Waals surface area contributed by atoms with E-state index >= 15 is 0 Å². The molecule has 8 aromatic rings. The maximum absolute atomic E-state index is 9.41. The average molecular weight is 503 g/mol. The third kappa shape index (κ3) is 3.41. The molecule has 1 aromatic heterocycles. The molecule has 1 heterocycles. The molecule has 1 heteroatoms. The molecule has 0 spiro atoms. The molecule has 0 saturated heterocycles. The summed E-state index contributed by atoms with van der Waals surface area (Å²) >= 11 is 0. The van der Waals surface area contributed by atoms with Crippen LogP contribution in [0.4, 0.5) is 0 Å². The fourth-order valence-electron chi connectivity index (χ4n) is 5.70. The Morgan fingerprint density at radius 1 is 0.436 bits per heavy atom. The van der Waals surface area contributed by atoms with E-state index in [0.717, 1.165) is 32.7 Å². The molecule has 0 N–H and O–H groups in total. The molecule has 0 atom stereocenters. The zero-order valence-electron chi connectivity index (χ0n) is 26.8. The van der Waals surface area contributed by atoms with Crippen LogP contribution in [0.5, 0.6) is 0 Å². The summed E-state index contributed by atoms with van der Waals surface area (Å²) in [6.07, 6.45) is 0. The molecule has 0 bridgehead atoms. The lowest BCUT2D eigenvalue weighted by Crippen LogP contribution is -1.91. The van der Waals surface area contributed by atoms with E-state index in [1.165, 1.54) is 0 Å². The van der Waals surface area contributed by atoms with Crippen LogP contribution >= 0.6 is 0 Å². The number of rotatable bonds is 3. The van der Waals surface area contributed by atoms with Crippen LogP contribution in [0.3, 0.4) is 0 Å². The molecule has 0 radical (unpaired) electrons. The SMILES string of the molecule is [2H]c1c(-c2ccccc2)c([2H])c2c(oc3c([2H])c([2H])c([2H])c(-c4c5ccccc5c(-c5ccccc5)c5ccccc45)c32)c1[2H]. The molecule has 0 aliphatic carbocycles. The van der Waals surface area contributed by atoms with Crippen LogP contribution < -0.4 is 0 Å². The molecule has 0 unspecified atom stereocenters. The molecule has 39 heavy (non-hydrogen) atoms. The topological polar surface area (TPSA) is 13.1 Å². The first-order valence-corrected chi connectivity index (χ1v) is 12.9. The summed E-state index contributed by atoms with van der Waals surface area (Å²) in [4.78, 5) is 0. The number of hydrogen-bond donors (Lipinski definition) is 0. The molecule has 0 fully saturated rings. The Labute approximate surface area is 235 Å². The van der Waals surface area contributed by atoms with Crippen molar-refractivity contribution in [1.82, 2.24) is 0 Å². The quantitative estimate of drug-likeness (QED) is 0.219. The molecule has 8 rings (SSSR count). The highest BCUT2D eigenvalue weighted by atomic mass is 16.3. The molecule has 182 valence electrons. The van der Waals surface area contributed by atoms with Crippen molar-refractivity contribution >= 4 is 43.5 Å². The number of fused-ring (bicyclic) bond motifs is 5. The van der Waals surface area contributed by atoms with Crippen LogP contribution in [0.1, 0.15) is 8.22 Å². The van der Waals surface area contributed by atoms with E-state index < -0.39 is 0 Å². The van der Waals surface area contributed by atoms with Gasteiger partial charge in [0, 0.05) is 10.8 Å². The fraction of sp³-hybridized carbons (Fsp3) is 0. The van der Waals surface area contributed by atoms with Crippen molar-refractivity contribution in [3.05, 3.63) is 145 Å². The first kappa shape index (κ1) is 16.7. The second kappa shape index (κ2) is 8.72. The van der Waals surface area contributed by atoms with Gasteiger partial charge in [0.05, 0.1) is 8.22 Å². The minimum Gasteiger partial charge on any atom is -0.456 e. The van der Waals surface area contributed by atoms with Crippen LogP contribution in [0, 0.1) is 0 Å². The first-order chi connectivity index (χ1) is 21.9. The second-order valence-electron chi connectivity index (χ2n) is 9.58. The Kier molecular flexibility index (Phi) is 3.72. The van der Waals surface area contributed by atoms with E-state index in [0.29, 0.717) is 22.1 Å². The summed E-state index contributed by atoms with van der Waals surface area (Å²) in [5.41, 5.74) is 4.12. The summed E-state index contributed by atoms with van der Waals surface area (Å²) in [6.45, 7) is 0. The van der Waals surface area contributed by atoms with Crippen LogP contribution in [-0.4, -0.2) is 0 Å². The van der Waals surface area contributed by atoms with Crippen molar-refractivity contribution in [2.75, 3.05) is 0 Å². The van der Waals surface area contributed by atoms with Gasteiger partial charge in [-0.25, -0.2) is 0 Å². The molecule has 7 aromatic carbocycles. The van der Waals surface area contributed by atoms with Gasteiger partial charge in [0.15, 0.2) is 0 Å². The monoisotopic (exact) mass is 502 g/mol. The van der Waals surface area contributed by atoms with Gasteiger partial charge in [-0.05, 0) is 73.1 Å². The zero-order valence-corrected chi connectivity index (χ0v) is 20.8. The van der Waals surface area contributed by atoms with E-state index in [2.05, 4.69) is 24.3 Å². The van der Waals surface area contributed by atoms with Crippen molar-refractivity contribution in [1.29, 1.82) is 0 Å². The predicted octanol–water partition coefficient (Wildman–Crippen LogP) is 10.9. The van der Waals surface area contributed by atoms with E-state index in [-0.39, 0.29) is 58.4 Å². The lowest BCUT2D eigenvalue weighted by atomic mass is 9.85. The highest BCUT2D eigenvalue weighted by molar-refractivity contribution is 6.25. The average Bonchev–Trinajstić information content (AvgIpc) is 3.48. The maximum Gasteiger partial charge on any atom is 0.136 e. The summed E-state index contributed by atoms with van der Waals surface area (Å²) in [6, 6.07) is 34.1. The van der Waals surface area contributed by atoms with Crippen molar-refractivity contribution in [2.24, 2.45) is 0 Å². The lowest BCUT2D eigenvalue weighted by molar-refractivity contribution is 0.669. The molecule has 0 amide bonds. The van der Waals surface area contributed by atoms with Gasteiger partial charge in [0.1, 0.15) is 11.2 Å². The predicted molar refractivity (Wildman–Crippen MR) is 165 cm³/mol. The van der Waals surface area contributed by atoms with Crippen molar-refractivity contribution in [2.45, 2.75) is 0 Å². The van der Waals surface area contributed by atoms with Gasteiger partial charge >= 0.3 is 0 Å². The molecular formula is C38H24O. The number of benzene rings is 7. The van der Waals surface area contributed by atoms with E-state index in [9.17, 15) is 2.74 Å². The highest BCUT2D eigenvalue weighted by Gasteiger charge is 2.20. The normalized spacial score (nSPS) is 13.7. The van der Waals surface area contributed by atoms with Gasteiger partial charge < -0.3 is 4.42 Å². The minimum absolute atomic E-state index is 0.00829. The van der Waals surface area contributed by atoms with E-state index in [4.69, 9.17) is 9.90 Å². The minimum atomic E-state index is -0.302. The van der Waals surface area contributed by atoms with Gasteiger partial charge in [-0.15, -0.1) is 0 Å². The maximum atomic E-state index is 9.41. The second-order valence-corrected chi connectivity index (χ2v) is 9.58. The van der Waals surface area contributed by atoms with Crippen LogP contribution in [0.15, 0.2) is 150 Å². The molecule has 1 nitrogen and oxygen atoms in total. The molecule has 0 saturated carbocycles. The van der Waals surface area contributed by atoms with E-state index in [1.807, 2.05) is 72.8 Å². The molecule has 0 aliphatic rings. The van der Waals surface area contributed by atoms with Gasteiger partial charge in [-0.3, -0.25) is 0 Å². The first-order valence-electron chi connectivity index (χ1n) is 15.9. The standard InChI is InChI=1S/C38H24O/c1-3-12-25(13-4-1)27-22-23-34-33(24-27)38-32(20-11-21-35(38)39-34)37-30-18-9-7-16-28(30)36(26-14-5-2-6-15-26)29-17-8-10-19-31(29)37/h1-24H/i11D,20D,21D,22D,23D,24D.